The molecule has 1 amide bonds. The van der Waals surface area contributed by atoms with Gasteiger partial charge in [-0.05, 0) is 36.1 Å². The Morgan fingerprint density at radius 2 is 2.04 bits per heavy atom. The van der Waals surface area contributed by atoms with Gasteiger partial charge in [0.05, 0.1) is 23.1 Å². The molecule has 6 heteroatoms. The van der Waals surface area contributed by atoms with Gasteiger partial charge in [-0.25, -0.2) is 9.97 Å². The number of benzene rings is 2. The Balaban J connectivity index is 1.49. The Morgan fingerprint density at radius 1 is 1.22 bits per heavy atom. The monoisotopic (exact) mass is 376 g/mol. The lowest BCUT2D eigenvalue weighted by Gasteiger charge is -2.08. The molecule has 0 radical (unpaired) electrons. The number of aromatic nitrogens is 3. The minimum absolute atomic E-state index is 0.181. The highest BCUT2D eigenvalue weighted by atomic mass is 32.1. The van der Waals surface area contributed by atoms with Gasteiger partial charge in [-0.1, -0.05) is 38.1 Å². The second kappa shape index (κ2) is 7.32. The lowest BCUT2D eigenvalue weighted by molar-refractivity contribution is 0.102. The predicted octanol–water partition coefficient (Wildman–Crippen LogP) is 5.45. The number of anilines is 1. The van der Waals surface area contributed by atoms with E-state index in [0.29, 0.717) is 16.6 Å². The minimum atomic E-state index is -0.181. The first kappa shape index (κ1) is 17.4. The van der Waals surface area contributed by atoms with Crippen molar-refractivity contribution in [1.82, 2.24) is 15.0 Å². The van der Waals surface area contributed by atoms with Crippen molar-refractivity contribution in [2.45, 2.75) is 26.2 Å². The van der Waals surface area contributed by atoms with Crippen molar-refractivity contribution < 1.29 is 4.79 Å². The smallest absolute Gasteiger partial charge is 0.257 e. The third-order valence-corrected chi connectivity index (χ3v) is 5.55. The summed E-state index contributed by atoms with van der Waals surface area (Å²) in [4.78, 5) is 24.2. The molecule has 27 heavy (non-hydrogen) atoms. The number of aromatic amines is 1. The minimum Gasteiger partial charge on any atom is -0.345 e. The average Bonchev–Trinajstić information content (AvgIpc) is 3.36. The molecule has 0 spiro atoms. The molecule has 0 unspecified atom stereocenters. The summed E-state index contributed by atoms with van der Waals surface area (Å²) in [6.45, 7) is 4.42. The SMILES string of the molecule is CC[C@@H](C)c1ccc(-c2csc(NC(=O)c3ccc4nc[nH]c4c3)n2)cc1. The second-order valence-electron chi connectivity index (χ2n) is 6.56. The van der Waals surface area contributed by atoms with Crippen molar-refractivity contribution in [3.05, 3.63) is 65.3 Å². The number of hydrogen-bond donors (Lipinski definition) is 2. The van der Waals surface area contributed by atoms with E-state index in [4.69, 9.17) is 0 Å². The highest BCUT2D eigenvalue weighted by Crippen LogP contribution is 2.27. The van der Waals surface area contributed by atoms with Crippen molar-refractivity contribution in [1.29, 1.82) is 0 Å². The molecule has 0 saturated carbocycles. The summed E-state index contributed by atoms with van der Waals surface area (Å²) in [5.41, 5.74) is 5.50. The Morgan fingerprint density at radius 3 is 2.81 bits per heavy atom. The van der Waals surface area contributed by atoms with E-state index in [-0.39, 0.29) is 5.91 Å². The zero-order valence-electron chi connectivity index (χ0n) is 15.2. The van der Waals surface area contributed by atoms with Crippen LogP contribution in [-0.2, 0) is 0 Å². The van der Waals surface area contributed by atoms with E-state index in [1.807, 2.05) is 11.4 Å². The van der Waals surface area contributed by atoms with Crippen LogP contribution in [0, 0.1) is 0 Å². The van der Waals surface area contributed by atoms with Crippen LogP contribution in [0.1, 0.15) is 42.1 Å². The molecule has 4 aromatic rings. The first-order chi connectivity index (χ1) is 13.1. The number of rotatable bonds is 5. The van der Waals surface area contributed by atoms with Gasteiger partial charge in [0.2, 0.25) is 0 Å². The summed E-state index contributed by atoms with van der Waals surface area (Å²) in [5.74, 6) is 0.371. The van der Waals surface area contributed by atoms with Crippen molar-refractivity contribution >= 4 is 33.4 Å². The van der Waals surface area contributed by atoms with Gasteiger partial charge in [0.1, 0.15) is 0 Å². The van der Waals surface area contributed by atoms with Crippen LogP contribution in [0.3, 0.4) is 0 Å². The van der Waals surface area contributed by atoms with Crippen molar-refractivity contribution in [2.75, 3.05) is 5.32 Å². The first-order valence-electron chi connectivity index (χ1n) is 8.94. The number of hydrogen-bond acceptors (Lipinski definition) is 4. The summed E-state index contributed by atoms with van der Waals surface area (Å²) in [5, 5.41) is 5.43. The molecule has 0 saturated heterocycles. The third-order valence-electron chi connectivity index (χ3n) is 4.79. The normalized spacial score (nSPS) is 12.2. The van der Waals surface area contributed by atoms with Crippen LogP contribution in [0.4, 0.5) is 5.13 Å². The maximum Gasteiger partial charge on any atom is 0.257 e. The quantitative estimate of drug-likeness (QED) is 0.486. The Bertz CT molecular complexity index is 1080. The zero-order valence-corrected chi connectivity index (χ0v) is 16.0. The molecular weight excluding hydrogens is 356 g/mol. The lowest BCUT2D eigenvalue weighted by Crippen LogP contribution is -2.11. The van der Waals surface area contributed by atoms with E-state index in [1.165, 1.54) is 16.9 Å². The van der Waals surface area contributed by atoms with Crippen molar-refractivity contribution in [2.24, 2.45) is 0 Å². The van der Waals surface area contributed by atoms with Gasteiger partial charge >= 0.3 is 0 Å². The van der Waals surface area contributed by atoms with Crippen LogP contribution in [0.5, 0.6) is 0 Å². The molecule has 0 aliphatic carbocycles. The fourth-order valence-corrected chi connectivity index (χ4v) is 3.64. The molecule has 2 heterocycles. The molecule has 0 bridgehead atoms. The molecule has 1 atom stereocenters. The van der Waals surface area contributed by atoms with Crippen LogP contribution < -0.4 is 5.32 Å². The molecule has 2 aromatic heterocycles. The van der Waals surface area contributed by atoms with E-state index in [0.717, 1.165) is 28.7 Å². The van der Waals surface area contributed by atoms with Gasteiger partial charge in [-0.15, -0.1) is 11.3 Å². The van der Waals surface area contributed by atoms with Crippen LogP contribution in [0.2, 0.25) is 0 Å². The fourth-order valence-electron chi connectivity index (χ4n) is 2.93. The van der Waals surface area contributed by atoms with Gasteiger partial charge in [-0.3, -0.25) is 10.1 Å². The van der Waals surface area contributed by atoms with Crippen LogP contribution in [0.25, 0.3) is 22.3 Å². The maximum atomic E-state index is 12.5. The number of nitrogens with zero attached hydrogens (tertiary/aromatic N) is 2. The number of carbonyl (C=O) groups is 1. The number of H-pyrrole nitrogens is 1. The van der Waals surface area contributed by atoms with Crippen molar-refractivity contribution in [3.63, 3.8) is 0 Å². The molecule has 0 aliphatic heterocycles. The molecule has 0 fully saturated rings. The molecule has 5 nitrogen and oxygen atoms in total. The van der Waals surface area contributed by atoms with E-state index in [2.05, 4.69) is 58.4 Å². The van der Waals surface area contributed by atoms with E-state index in [1.54, 1.807) is 18.5 Å². The van der Waals surface area contributed by atoms with Gasteiger partial charge in [-0.2, -0.15) is 0 Å². The largest absolute Gasteiger partial charge is 0.345 e. The van der Waals surface area contributed by atoms with Gasteiger partial charge < -0.3 is 4.98 Å². The van der Waals surface area contributed by atoms with Crippen molar-refractivity contribution in [3.8, 4) is 11.3 Å². The Labute approximate surface area is 161 Å². The zero-order chi connectivity index (χ0) is 18.8. The second-order valence-corrected chi connectivity index (χ2v) is 7.42. The topological polar surface area (TPSA) is 70.7 Å². The average molecular weight is 376 g/mol. The Hall–Kier alpha value is -2.99. The van der Waals surface area contributed by atoms with Crippen LogP contribution in [0.15, 0.2) is 54.2 Å². The number of carbonyl (C=O) groups excluding carboxylic acids is 1. The molecule has 0 aliphatic rings. The van der Waals surface area contributed by atoms with Gasteiger partial charge in [0, 0.05) is 16.5 Å². The number of thiazole rings is 1. The number of imidazole rings is 1. The lowest BCUT2D eigenvalue weighted by atomic mass is 9.97. The molecule has 4 rings (SSSR count). The molecular formula is C21H20N4OS. The number of nitrogens with one attached hydrogen (secondary N) is 2. The van der Waals surface area contributed by atoms with E-state index < -0.39 is 0 Å². The number of fused-ring (bicyclic) bond motifs is 1. The van der Waals surface area contributed by atoms with Gasteiger partial charge in [0.25, 0.3) is 5.91 Å². The maximum absolute atomic E-state index is 12.5. The summed E-state index contributed by atoms with van der Waals surface area (Å²) in [6.07, 6.45) is 2.74. The molecule has 2 aromatic carbocycles. The van der Waals surface area contributed by atoms with Crippen LogP contribution >= 0.6 is 11.3 Å². The third kappa shape index (κ3) is 3.61. The standard InChI is InChI=1S/C21H20N4OS/c1-3-13(2)14-4-6-15(7-5-14)19-11-27-21(24-19)25-20(26)16-8-9-17-18(10-16)23-12-22-17/h4-13H,3H2,1-2H3,(H,22,23)(H,24,25,26)/t13-/m1/s1. The highest BCUT2D eigenvalue weighted by molar-refractivity contribution is 7.14. The molecule has 2 N–H and O–H groups in total. The summed E-state index contributed by atoms with van der Waals surface area (Å²) in [7, 11) is 0. The fraction of sp³-hybridized carbons (Fsp3) is 0.190. The Kier molecular flexibility index (Phi) is 4.73. The predicted molar refractivity (Wildman–Crippen MR) is 110 cm³/mol. The summed E-state index contributed by atoms with van der Waals surface area (Å²) < 4.78 is 0. The molecule has 136 valence electrons. The number of amides is 1. The summed E-state index contributed by atoms with van der Waals surface area (Å²) in [6, 6.07) is 13.9. The first-order valence-corrected chi connectivity index (χ1v) is 9.82. The van der Waals surface area contributed by atoms with E-state index >= 15 is 0 Å². The summed E-state index contributed by atoms with van der Waals surface area (Å²) >= 11 is 1.42. The highest BCUT2D eigenvalue weighted by Gasteiger charge is 2.12. The van der Waals surface area contributed by atoms with Crippen LogP contribution in [-0.4, -0.2) is 20.9 Å². The van der Waals surface area contributed by atoms with E-state index in [9.17, 15) is 4.79 Å². The van der Waals surface area contributed by atoms with Gasteiger partial charge in [0.15, 0.2) is 5.13 Å².